The number of carbonyl (C=O) groups is 2. The topological polar surface area (TPSA) is 46.6 Å². The molecule has 1 aromatic carbocycles. The van der Waals surface area contributed by atoms with Gasteiger partial charge in [-0.05, 0) is 12.5 Å². The minimum absolute atomic E-state index is 0.00383. The molecule has 0 aromatic heterocycles. The fraction of sp³-hybridized carbons (Fsp3) is 0.429. The van der Waals surface area contributed by atoms with Gasteiger partial charge in [0.1, 0.15) is 6.61 Å². The number of ether oxygens (including phenoxy) is 1. The van der Waals surface area contributed by atoms with E-state index in [4.69, 9.17) is 0 Å². The molecule has 21 heavy (non-hydrogen) atoms. The first-order chi connectivity index (χ1) is 9.79. The van der Waals surface area contributed by atoms with Gasteiger partial charge in [0.15, 0.2) is 0 Å². The minimum atomic E-state index is -4.56. The van der Waals surface area contributed by atoms with E-state index in [0.29, 0.717) is 4.90 Å². The molecule has 114 valence electrons. The molecule has 0 unspecified atom stereocenters. The number of cyclic esters (lactones) is 1. The number of aryl methyl sites for hydroxylation is 1. The first-order valence-corrected chi connectivity index (χ1v) is 6.39. The van der Waals surface area contributed by atoms with Crippen molar-refractivity contribution in [1.82, 2.24) is 4.90 Å². The lowest BCUT2D eigenvalue weighted by atomic mass is 9.94. The summed E-state index contributed by atoms with van der Waals surface area (Å²) in [4.78, 5) is 23.8. The number of amides is 2. The number of alkyl halides is 3. The summed E-state index contributed by atoms with van der Waals surface area (Å²) in [5.41, 5.74) is 0.836. The number of rotatable bonds is 3. The van der Waals surface area contributed by atoms with Crippen LogP contribution >= 0.6 is 0 Å². The highest BCUT2D eigenvalue weighted by molar-refractivity contribution is 5.93. The lowest BCUT2D eigenvalue weighted by Crippen LogP contribution is -2.35. The average Bonchev–Trinajstić information content (AvgIpc) is 2.82. The van der Waals surface area contributed by atoms with Gasteiger partial charge < -0.3 is 4.74 Å². The van der Waals surface area contributed by atoms with Crippen LogP contribution in [0.1, 0.15) is 23.5 Å². The van der Waals surface area contributed by atoms with Crippen LogP contribution < -0.4 is 0 Å². The molecule has 1 fully saturated rings. The predicted molar refractivity (Wildman–Crippen MR) is 67.7 cm³/mol. The van der Waals surface area contributed by atoms with Gasteiger partial charge >= 0.3 is 12.3 Å². The van der Waals surface area contributed by atoms with Crippen LogP contribution in [0.2, 0.25) is 0 Å². The Balaban J connectivity index is 2.19. The van der Waals surface area contributed by atoms with E-state index in [0.717, 1.165) is 5.56 Å². The van der Waals surface area contributed by atoms with Crippen molar-refractivity contribution in [2.45, 2.75) is 25.4 Å². The molecule has 1 heterocycles. The second kappa shape index (κ2) is 5.75. The lowest BCUT2D eigenvalue weighted by molar-refractivity contribution is -0.159. The Morgan fingerprint density at radius 2 is 1.95 bits per heavy atom. The maximum absolute atomic E-state index is 13.2. The summed E-state index contributed by atoms with van der Waals surface area (Å²) in [5.74, 6) is -2.81. The zero-order valence-corrected chi connectivity index (χ0v) is 11.3. The monoisotopic (exact) mass is 301 g/mol. The Labute approximate surface area is 119 Å². The van der Waals surface area contributed by atoms with Crippen molar-refractivity contribution in [1.29, 1.82) is 0 Å². The van der Waals surface area contributed by atoms with Crippen molar-refractivity contribution < 1.29 is 27.5 Å². The van der Waals surface area contributed by atoms with Gasteiger partial charge in [0.25, 0.3) is 0 Å². The Hall–Kier alpha value is -2.05. The first-order valence-electron chi connectivity index (χ1n) is 6.39. The van der Waals surface area contributed by atoms with Crippen LogP contribution in [-0.2, 0) is 9.53 Å². The van der Waals surface area contributed by atoms with Gasteiger partial charge in [0.05, 0.1) is 12.5 Å². The first kappa shape index (κ1) is 15.3. The summed E-state index contributed by atoms with van der Waals surface area (Å²) in [6.45, 7) is 1.78. The third-order valence-corrected chi connectivity index (χ3v) is 3.32. The van der Waals surface area contributed by atoms with Gasteiger partial charge in [-0.25, -0.2) is 9.69 Å². The summed E-state index contributed by atoms with van der Waals surface area (Å²) < 4.78 is 44.1. The number of halogens is 3. The Morgan fingerprint density at radius 1 is 1.33 bits per heavy atom. The number of nitrogens with zero attached hydrogens (tertiary/aromatic N) is 1. The molecule has 1 aliphatic heterocycles. The molecule has 4 nitrogen and oxygen atoms in total. The molecule has 0 N–H and O–H groups in total. The molecule has 1 saturated heterocycles. The summed E-state index contributed by atoms with van der Waals surface area (Å²) in [7, 11) is 0. The van der Waals surface area contributed by atoms with Gasteiger partial charge in [0.2, 0.25) is 5.91 Å². The minimum Gasteiger partial charge on any atom is -0.447 e. The van der Waals surface area contributed by atoms with E-state index in [1.807, 2.05) is 0 Å². The Morgan fingerprint density at radius 3 is 2.43 bits per heavy atom. The van der Waals surface area contributed by atoms with Gasteiger partial charge in [0, 0.05) is 6.42 Å². The highest BCUT2D eigenvalue weighted by Gasteiger charge is 2.43. The molecule has 1 atom stereocenters. The van der Waals surface area contributed by atoms with E-state index < -0.39 is 30.5 Å². The van der Waals surface area contributed by atoms with Crippen LogP contribution in [0, 0.1) is 6.92 Å². The van der Waals surface area contributed by atoms with Crippen LogP contribution in [0.15, 0.2) is 24.3 Å². The van der Waals surface area contributed by atoms with Crippen molar-refractivity contribution in [3.05, 3.63) is 35.4 Å². The van der Waals surface area contributed by atoms with Crippen molar-refractivity contribution in [2.75, 3.05) is 13.2 Å². The number of hydrogen-bond acceptors (Lipinski definition) is 3. The second-order valence-corrected chi connectivity index (χ2v) is 4.87. The number of benzene rings is 1. The summed E-state index contributed by atoms with van der Waals surface area (Å²) >= 11 is 0. The van der Waals surface area contributed by atoms with E-state index in [2.05, 4.69) is 4.74 Å². The Kier molecular flexibility index (Phi) is 4.20. The molecule has 0 radical (unpaired) electrons. The third-order valence-electron chi connectivity index (χ3n) is 3.32. The van der Waals surface area contributed by atoms with E-state index in [-0.39, 0.29) is 18.7 Å². The quantitative estimate of drug-likeness (QED) is 0.862. The predicted octanol–water partition coefficient (Wildman–Crippen LogP) is 3.01. The van der Waals surface area contributed by atoms with Crippen LogP contribution in [-0.4, -0.2) is 36.2 Å². The number of carbonyl (C=O) groups excluding carboxylic acids is 2. The second-order valence-electron chi connectivity index (χ2n) is 4.87. The third kappa shape index (κ3) is 3.53. The maximum atomic E-state index is 13.2. The standard InChI is InChI=1S/C14H14F3NO3/c1-9-2-4-10(5-3-9)11(14(15,16)17)8-12(19)18-6-7-21-13(18)20/h2-5,11H,6-8H2,1H3/t11-/m0/s1. The maximum Gasteiger partial charge on any atom is 0.416 e. The highest BCUT2D eigenvalue weighted by atomic mass is 19.4. The van der Waals surface area contributed by atoms with E-state index in [9.17, 15) is 22.8 Å². The molecule has 1 aliphatic rings. The van der Waals surface area contributed by atoms with Gasteiger partial charge in [-0.15, -0.1) is 0 Å². The lowest BCUT2D eigenvalue weighted by Gasteiger charge is -2.22. The van der Waals surface area contributed by atoms with Crippen molar-refractivity contribution in [2.24, 2.45) is 0 Å². The smallest absolute Gasteiger partial charge is 0.416 e. The van der Waals surface area contributed by atoms with Gasteiger partial charge in [-0.2, -0.15) is 13.2 Å². The normalized spacial score (nSPS) is 16.8. The van der Waals surface area contributed by atoms with Crippen LogP contribution in [0.5, 0.6) is 0 Å². The molecular weight excluding hydrogens is 287 g/mol. The summed E-state index contributed by atoms with van der Waals surface area (Å²) in [6.07, 6.45) is -6.25. The number of imide groups is 1. The summed E-state index contributed by atoms with van der Waals surface area (Å²) in [6, 6.07) is 5.82. The molecular formula is C14H14F3NO3. The van der Waals surface area contributed by atoms with Crippen molar-refractivity contribution in [3.8, 4) is 0 Å². The largest absolute Gasteiger partial charge is 0.447 e. The molecule has 0 saturated carbocycles. The van der Waals surface area contributed by atoms with Crippen LogP contribution in [0.25, 0.3) is 0 Å². The molecule has 2 rings (SSSR count). The van der Waals surface area contributed by atoms with Gasteiger partial charge in [-0.3, -0.25) is 4.79 Å². The van der Waals surface area contributed by atoms with Crippen LogP contribution in [0.4, 0.5) is 18.0 Å². The van der Waals surface area contributed by atoms with E-state index in [1.54, 1.807) is 19.1 Å². The Bertz CT molecular complexity index is 539. The molecule has 2 amide bonds. The highest BCUT2D eigenvalue weighted by Crippen LogP contribution is 2.38. The van der Waals surface area contributed by atoms with Crippen molar-refractivity contribution in [3.63, 3.8) is 0 Å². The molecule has 1 aromatic rings. The SMILES string of the molecule is Cc1ccc([C@H](CC(=O)N2CCOC2=O)C(F)(F)F)cc1. The molecule has 0 bridgehead atoms. The fourth-order valence-electron chi connectivity index (χ4n) is 2.13. The number of hydrogen-bond donors (Lipinski definition) is 0. The summed E-state index contributed by atoms with van der Waals surface area (Å²) in [5, 5.41) is 0. The van der Waals surface area contributed by atoms with Crippen molar-refractivity contribution >= 4 is 12.0 Å². The van der Waals surface area contributed by atoms with E-state index >= 15 is 0 Å². The van der Waals surface area contributed by atoms with Crippen LogP contribution in [0.3, 0.4) is 0 Å². The molecule has 0 spiro atoms. The molecule has 0 aliphatic carbocycles. The zero-order chi connectivity index (χ0) is 15.6. The molecule has 7 heteroatoms. The van der Waals surface area contributed by atoms with E-state index in [1.165, 1.54) is 12.1 Å². The zero-order valence-electron chi connectivity index (χ0n) is 11.3. The average molecular weight is 301 g/mol. The van der Waals surface area contributed by atoms with Gasteiger partial charge in [-0.1, -0.05) is 29.8 Å². The fourth-order valence-corrected chi connectivity index (χ4v) is 2.13.